The lowest BCUT2D eigenvalue weighted by atomic mass is 10.3. The van der Waals surface area contributed by atoms with Crippen molar-refractivity contribution in [3.05, 3.63) is 11.6 Å². The second-order valence-electron chi connectivity index (χ2n) is 2.10. The third-order valence-corrected chi connectivity index (χ3v) is 0.974. The maximum absolute atomic E-state index is 10.5. The Balaban J connectivity index is 3.39. The summed E-state index contributed by atoms with van der Waals surface area (Å²) in [5.74, 6) is 0. The maximum Gasteiger partial charge on any atom is 0.509 e. The molecule has 0 aliphatic heterocycles. The smallest absolute Gasteiger partial charge is 0.430 e. The van der Waals surface area contributed by atoms with Crippen LogP contribution in [0.5, 0.6) is 0 Å². The molecule has 0 atom stereocenters. The van der Waals surface area contributed by atoms with Crippen LogP contribution in [0.1, 0.15) is 13.8 Å². The minimum atomic E-state index is -0.738. The third kappa shape index (κ3) is 7.19. The zero-order valence-electron chi connectivity index (χ0n) is 6.59. The first kappa shape index (κ1) is 10.3. The summed E-state index contributed by atoms with van der Waals surface area (Å²) in [6.07, 6.45) is 1.03. The van der Waals surface area contributed by atoms with Crippen LogP contribution in [0.15, 0.2) is 11.6 Å². The summed E-state index contributed by atoms with van der Waals surface area (Å²) in [6.45, 7) is 4.06. The fourth-order valence-corrected chi connectivity index (χ4v) is 0.452. The van der Waals surface area contributed by atoms with Gasteiger partial charge in [0.1, 0.15) is 6.61 Å². The lowest BCUT2D eigenvalue weighted by Gasteiger charge is -1.99. The monoisotopic (exact) mass is 178 g/mol. The molecule has 0 fully saturated rings. The van der Waals surface area contributed by atoms with E-state index >= 15 is 0 Å². The molecule has 0 unspecified atom stereocenters. The van der Waals surface area contributed by atoms with Crippen LogP contribution in [-0.4, -0.2) is 18.8 Å². The first-order chi connectivity index (χ1) is 5.16. The molecule has 0 amide bonds. The van der Waals surface area contributed by atoms with E-state index in [-0.39, 0.29) is 12.7 Å². The molecule has 0 aromatic rings. The lowest BCUT2D eigenvalue weighted by Crippen LogP contribution is -2.05. The van der Waals surface area contributed by atoms with Crippen LogP contribution in [0.25, 0.3) is 0 Å². The highest BCUT2D eigenvalue weighted by atomic mass is 35.5. The molecule has 0 spiro atoms. The second-order valence-corrected chi connectivity index (χ2v) is 2.31. The van der Waals surface area contributed by atoms with Crippen LogP contribution in [0.3, 0.4) is 0 Å². The van der Waals surface area contributed by atoms with Crippen LogP contribution >= 0.6 is 11.6 Å². The number of hydrogen-bond donors (Lipinski definition) is 0. The largest absolute Gasteiger partial charge is 0.509 e. The van der Waals surface area contributed by atoms with Gasteiger partial charge in [0.25, 0.3) is 0 Å². The summed E-state index contributed by atoms with van der Waals surface area (Å²) in [7, 11) is 0. The topological polar surface area (TPSA) is 35.5 Å². The quantitative estimate of drug-likeness (QED) is 0.378. The van der Waals surface area contributed by atoms with Crippen molar-refractivity contribution in [3.63, 3.8) is 0 Å². The van der Waals surface area contributed by atoms with E-state index in [4.69, 9.17) is 11.6 Å². The number of rotatable bonds is 3. The summed E-state index contributed by atoms with van der Waals surface area (Å²) in [5.41, 5.74) is 1.09. The molecule has 0 aliphatic rings. The molecule has 3 nitrogen and oxygen atoms in total. The van der Waals surface area contributed by atoms with E-state index < -0.39 is 6.16 Å². The van der Waals surface area contributed by atoms with E-state index in [2.05, 4.69) is 9.47 Å². The van der Waals surface area contributed by atoms with Crippen LogP contribution in [-0.2, 0) is 9.47 Å². The summed E-state index contributed by atoms with van der Waals surface area (Å²) < 4.78 is 8.87. The molecule has 0 aliphatic carbocycles. The second kappa shape index (κ2) is 6.04. The Morgan fingerprint density at radius 3 is 2.55 bits per heavy atom. The number of carbonyl (C=O) groups excluding carboxylic acids is 1. The molecule has 0 saturated carbocycles. The van der Waals surface area contributed by atoms with E-state index in [1.54, 1.807) is 6.08 Å². The van der Waals surface area contributed by atoms with Crippen LogP contribution in [0.2, 0.25) is 0 Å². The fourth-order valence-electron chi connectivity index (χ4n) is 0.363. The van der Waals surface area contributed by atoms with Crippen molar-refractivity contribution in [1.82, 2.24) is 0 Å². The Morgan fingerprint density at radius 1 is 1.45 bits per heavy atom. The van der Waals surface area contributed by atoms with Crippen molar-refractivity contribution >= 4 is 17.8 Å². The van der Waals surface area contributed by atoms with Gasteiger partial charge < -0.3 is 9.47 Å². The van der Waals surface area contributed by atoms with Crippen LogP contribution < -0.4 is 0 Å². The van der Waals surface area contributed by atoms with E-state index in [0.29, 0.717) is 0 Å². The molecule has 0 radical (unpaired) electrons. The fraction of sp³-hybridized carbons (Fsp3) is 0.571. The summed E-state index contributed by atoms with van der Waals surface area (Å²) in [4.78, 5) is 10.5. The van der Waals surface area contributed by atoms with E-state index in [1.807, 2.05) is 13.8 Å². The van der Waals surface area contributed by atoms with E-state index in [9.17, 15) is 4.79 Å². The molecule has 64 valence electrons. The standard InChI is InChI=1S/C7H11ClO3/c1-6(2)3-4-10-7(9)11-5-8/h3H,4-5H2,1-2H3. The maximum atomic E-state index is 10.5. The SMILES string of the molecule is CC(C)=CCOC(=O)OCCl. The third-order valence-electron chi connectivity index (χ3n) is 0.865. The van der Waals surface area contributed by atoms with Gasteiger partial charge in [0.2, 0.25) is 0 Å². The van der Waals surface area contributed by atoms with Gasteiger partial charge >= 0.3 is 6.16 Å². The highest BCUT2D eigenvalue weighted by molar-refractivity contribution is 6.17. The Hall–Kier alpha value is -0.700. The number of allylic oxidation sites excluding steroid dienone is 1. The average molecular weight is 179 g/mol. The summed E-state index contributed by atoms with van der Waals surface area (Å²) >= 11 is 5.10. The van der Waals surface area contributed by atoms with Crippen LogP contribution in [0, 0.1) is 0 Å². The van der Waals surface area contributed by atoms with Crippen molar-refractivity contribution in [1.29, 1.82) is 0 Å². The van der Waals surface area contributed by atoms with Crippen molar-refractivity contribution in [2.24, 2.45) is 0 Å². The Bertz CT molecular complexity index is 150. The first-order valence-electron chi connectivity index (χ1n) is 3.15. The first-order valence-corrected chi connectivity index (χ1v) is 3.69. The average Bonchev–Trinajstić information content (AvgIpc) is 1.87. The van der Waals surface area contributed by atoms with Crippen molar-refractivity contribution in [2.45, 2.75) is 13.8 Å². The predicted molar refractivity (Wildman–Crippen MR) is 42.6 cm³/mol. The molecule has 0 aromatic heterocycles. The lowest BCUT2D eigenvalue weighted by molar-refractivity contribution is 0.0764. The zero-order chi connectivity index (χ0) is 8.69. The van der Waals surface area contributed by atoms with Gasteiger partial charge in [-0.25, -0.2) is 4.79 Å². The number of ether oxygens (including phenoxy) is 2. The van der Waals surface area contributed by atoms with Crippen LogP contribution in [0.4, 0.5) is 4.79 Å². The zero-order valence-corrected chi connectivity index (χ0v) is 7.35. The Morgan fingerprint density at radius 2 is 2.09 bits per heavy atom. The van der Waals surface area contributed by atoms with E-state index in [1.165, 1.54) is 0 Å². The molecular formula is C7H11ClO3. The molecule has 0 rings (SSSR count). The molecule has 0 heterocycles. The van der Waals surface area contributed by atoms with Crippen molar-refractivity contribution in [3.8, 4) is 0 Å². The number of hydrogen-bond acceptors (Lipinski definition) is 3. The summed E-state index contributed by atoms with van der Waals surface area (Å²) in [6, 6.07) is -0.173. The Labute approximate surface area is 70.9 Å². The van der Waals surface area contributed by atoms with Crippen molar-refractivity contribution in [2.75, 3.05) is 12.7 Å². The van der Waals surface area contributed by atoms with E-state index in [0.717, 1.165) is 5.57 Å². The minimum absolute atomic E-state index is 0.173. The van der Waals surface area contributed by atoms with Gasteiger partial charge in [-0.05, 0) is 19.9 Å². The van der Waals surface area contributed by atoms with Gasteiger partial charge in [-0.15, -0.1) is 0 Å². The molecule has 4 heteroatoms. The van der Waals surface area contributed by atoms with Gasteiger partial charge in [0.05, 0.1) is 0 Å². The highest BCUT2D eigenvalue weighted by Gasteiger charge is 1.98. The molecule has 0 aromatic carbocycles. The number of alkyl halides is 1. The van der Waals surface area contributed by atoms with Gasteiger partial charge in [-0.1, -0.05) is 17.2 Å². The number of halogens is 1. The van der Waals surface area contributed by atoms with Gasteiger partial charge in [0, 0.05) is 0 Å². The normalized spacial score (nSPS) is 8.64. The van der Waals surface area contributed by atoms with Crippen molar-refractivity contribution < 1.29 is 14.3 Å². The van der Waals surface area contributed by atoms with Gasteiger partial charge in [-0.3, -0.25) is 0 Å². The minimum Gasteiger partial charge on any atom is -0.430 e. The van der Waals surface area contributed by atoms with Gasteiger partial charge in [0.15, 0.2) is 6.07 Å². The number of carbonyl (C=O) groups is 1. The predicted octanol–water partition coefficient (Wildman–Crippen LogP) is 2.30. The highest BCUT2D eigenvalue weighted by Crippen LogP contribution is 1.91. The Kier molecular flexibility index (Phi) is 5.65. The van der Waals surface area contributed by atoms with Gasteiger partial charge in [-0.2, -0.15) is 0 Å². The molecule has 0 bridgehead atoms. The molecular weight excluding hydrogens is 168 g/mol. The molecule has 0 saturated heterocycles. The summed E-state index contributed by atoms with van der Waals surface area (Å²) in [5, 5.41) is 0. The molecule has 0 N–H and O–H groups in total. The molecule has 11 heavy (non-hydrogen) atoms.